The molecule has 2 aromatic carbocycles. The number of anilines is 1. The van der Waals surface area contributed by atoms with Gasteiger partial charge in [0.2, 0.25) is 18.6 Å². The van der Waals surface area contributed by atoms with Gasteiger partial charge in [0.05, 0.1) is 5.92 Å². The van der Waals surface area contributed by atoms with Gasteiger partial charge in [0.15, 0.2) is 11.5 Å². The lowest BCUT2D eigenvalue weighted by atomic mass is 10.0. The Kier molecular flexibility index (Phi) is 5.07. The fourth-order valence-electron chi connectivity index (χ4n) is 3.53. The summed E-state index contributed by atoms with van der Waals surface area (Å²) in [4.78, 5) is 38.2. The second-order valence-corrected chi connectivity index (χ2v) is 7.03. The lowest BCUT2D eigenvalue weighted by Gasteiger charge is -2.19. The van der Waals surface area contributed by atoms with Crippen molar-refractivity contribution >= 4 is 23.5 Å². The van der Waals surface area contributed by atoms with Gasteiger partial charge in [-0.05, 0) is 17.7 Å². The van der Waals surface area contributed by atoms with Gasteiger partial charge < -0.3 is 24.8 Å². The zero-order valence-electron chi connectivity index (χ0n) is 15.5. The molecular formula is C21H20N2O6. The van der Waals surface area contributed by atoms with E-state index in [2.05, 4.69) is 5.32 Å². The maximum absolute atomic E-state index is 12.7. The third-order valence-corrected chi connectivity index (χ3v) is 5.06. The SMILES string of the molecule is O=C(N[C@@H](Cc1ccccc1)C(=O)O)[C@H]1CC(=O)N(c2ccc3c(c2)OCO3)C1. The molecule has 29 heavy (non-hydrogen) atoms. The third kappa shape index (κ3) is 4.01. The fourth-order valence-corrected chi connectivity index (χ4v) is 3.53. The Morgan fingerprint density at radius 3 is 2.66 bits per heavy atom. The number of amides is 2. The number of carbonyl (C=O) groups excluding carboxylic acids is 2. The second-order valence-electron chi connectivity index (χ2n) is 7.03. The molecule has 4 rings (SSSR count). The van der Waals surface area contributed by atoms with Crippen LogP contribution >= 0.6 is 0 Å². The molecule has 2 heterocycles. The van der Waals surface area contributed by atoms with Crippen LogP contribution < -0.4 is 19.7 Å². The van der Waals surface area contributed by atoms with Crippen molar-refractivity contribution in [1.82, 2.24) is 5.32 Å². The molecule has 0 aliphatic carbocycles. The molecule has 1 saturated heterocycles. The second kappa shape index (κ2) is 7.83. The van der Waals surface area contributed by atoms with Crippen LogP contribution in [0.25, 0.3) is 0 Å². The Balaban J connectivity index is 1.42. The summed E-state index contributed by atoms with van der Waals surface area (Å²) < 4.78 is 10.6. The number of hydrogen-bond donors (Lipinski definition) is 2. The van der Waals surface area contributed by atoms with Crippen LogP contribution in [0.3, 0.4) is 0 Å². The van der Waals surface area contributed by atoms with Crippen LogP contribution in [0.15, 0.2) is 48.5 Å². The van der Waals surface area contributed by atoms with Gasteiger partial charge in [0, 0.05) is 31.1 Å². The topological polar surface area (TPSA) is 105 Å². The number of ether oxygens (including phenoxy) is 2. The zero-order valence-corrected chi connectivity index (χ0v) is 15.5. The molecule has 1 fully saturated rings. The molecule has 0 unspecified atom stereocenters. The van der Waals surface area contributed by atoms with Crippen molar-refractivity contribution < 1.29 is 29.0 Å². The van der Waals surface area contributed by atoms with Crippen molar-refractivity contribution in [3.63, 3.8) is 0 Å². The average molecular weight is 396 g/mol. The summed E-state index contributed by atoms with van der Waals surface area (Å²) in [6, 6.07) is 13.2. The lowest BCUT2D eigenvalue weighted by Crippen LogP contribution is -2.45. The average Bonchev–Trinajstić information content (AvgIpc) is 3.34. The minimum Gasteiger partial charge on any atom is -0.480 e. The normalized spacial score (nSPS) is 18.6. The van der Waals surface area contributed by atoms with Crippen molar-refractivity contribution in [3.05, 3.63) is 54.1 Å². The molecule has 0 spiro atoms. The largest absolute Gasteiger partial charge is 0.480 e. The molecule has 8 heteroatoms. The fraction of sp³-hybridized carbons (Fsp3) is 0.286. The van der Waals surface area contributed by atoms with E-state index in [1.54, 1.807) is 18.2 Å². The van der Waals surface area contributed by atoms with Crippen LogP contribution in [-0.2, 0) is 20.8 Å². The van der Waals surface area contributed by atoms with Crippen molar-refractivity contribution in [2.45, 2.75) is 18.9 Å². The Hall–Kier alpha value is -3.55. The van der Waals surface area contributed by atoms with E-state index in [0.29, 0.717) is 17.2 Å². The number of nitrogens with zero attached hydrogens (tertiary/aromatic N) is 1. The van der Waals surface area contributed by atoms with E-state index in [1.165, 1.54) is 4.90 Å². The van der Waals surface area contributed by atoms with Crippen LogP contribution in [0.2, 0.25) is 0 Å². The Labute approximate surface area is 167 Å². The monoisotopic (exact) mass is 396 g/mol. The third-order valence-electron chi connectivity index (χ3n) is 5.06. The summed E-state index contributed by atoms with van der Waals surface area (Å²) in [6.45, 7) is 0.317. The molecule has 0 aromatic heterocycles. The van der Waals surface area contributed by atoms with Crippen molar-refractivity contribution in [2.75, 3.05) is 18.2 Å². The first-order chi connectivity index (χ1) is 14.0. The molecule has 2 aliphatic heterocycles. The number of benzene rings is 2. The van der Waals surface area contributed by atoms with Crippen molar-refractivity contribution in [2.24, 2.45) is 5.92 Å². The smallest absolute Gasteiger partial charge is 0.326 e. The Morgan fingerprint density at radius 2 is 1.90 bits per heavy atom. The van der Waals surface area contributed by atoms with Gasteiger partial charge in [0.1, 0.15) is 6.04 Å². The molecule has 2 atom stereocenters. The number of hydrogen-bond acceptors (Lipinski definition) is 5. The highest BCUT2D eigenvalue weighted by Crippen LogP contribution is 2.37. The van der Waals surface area contributed by atoms with Gasteiger partial charge in [-0.1, -0.05) is 30.3 Å². The zero-order chi connectivity index (χ0) is 20.4. The Morgan fingerprint density at radius 1 is 1.14 bits per heavy atom. The van der Waals surface area contributed by atoms with Crippen LogP contribution in [0.1, 0.15) is 12.0 Å². The van der Waals surface area contributed by atoms with Crippen LogP contribution in [-0.4, -0.2) is 42.3 Å². The van der Waals surface area contributed by atoms with Crippen molar-refractivity contribution in [3.8, 4) is 11.5 Å². The Bertz CT molecular complexity index is 945. The van der Waals surface area contributed by atoms with E-state index < -0.39 is 23.8 Å². The first-order valence-electron chi connectivity index (χ1n) is 9.28. The van der Waals surface area contributed by atoms with Crippen LogP contribution in [0.4, 0.5) is 5.69 Å². The van der Waals surface area contributed by atoms with Crippen LogP contribution in [0, 0.1) is 5.92 Å². The summed E-state index contributed by atoms with van der Waals surface area (Å²) in [7, 11) is 0. The number of rotatable bonds is 6. The van der Waals surface area contributed by atoms with Crippen LogP contribution in [0.5, 0.6) is 11.5 Å². The molecule has 0 radical (unpaired) electrons. The summed E-state index contributed by atoms with van der Waals surface area (Å²) in [5.41, 5.74) is 1.43. The minimum atomic E-state index is -1.11. The molecule has 150 valence electrons. The maximum Gasteiger partial charge on any atom is 0.326 e. The summed E-state index contributed by atoms with van der Waals surface area (Å²) >= 11 is 0. The highest BCUT2D eigenvalue weighted by atomic mass is 16.7. The molecule has 2 aliphatic rings. The van der Waals surface area contributed by atoms with Gasteiger partial charge in [-0.15, -0.1) is 0 Å². The molecular weight excluding hydrogens is 376 g/mol. The van der Waals surface area contributed by atoms with Gasteiger partial charge in [-0.25, -0.2) is 4.79 Å². The predicted molar refractivity (Wildman–Crippen MR) is 103 cm³/mol. The van der Waals surface area contributed by atoms with Gasteiger partial charge >= 0.3 is 5.97 Å². The lowest BCUT2D eigenvalue weighted by molar-refractivity contribution is -0.142. The summed E-state index contributed by atoms with van der Waals surface area (Å²) in [6.07, 6.45) is 0.201. The van der Waals surface area contributed by atoms with E-state index in [9.17, 15) is 19.5 Å². The quantitative estimate of drug-likeness (QED) is 0.768. The number of aliphatic carboxylic acids is 1. The van der Waals surface area contributed by atoms with Gasteiger partial charge in [-0.2, -0.15) is 0 Å². The number of carboxylic acid groups (broad SMARTS) is 1. The maximum atomic E-state index is 12.7. The van der Waals surface area contributed by atoms with Gasteiger partial charge in [-0.3, -0.25) is 9.59 Å². The van der Waals surface area contributed by atoms with E-state index in [4.69, 9.17) is 9.47 Å². The highest BCUT2D eigenvalue weighted by Gasteiger charge is 2.37. The van der Waals surface area contributed by atoms with E-state index in [0.717, 1.165) is 5.56 Å². The van der Waals surface area contributed by atoms with Gasteiger partial charge in [0.25, 0.3) is 0 Å². The summed E-state index contributed by atoms with van der Waals surface area (Å²) in [5, 5.41) is 12.1. The molecule has 0 bridgehead atoms. The number of carboxylic acids is 1. The van der Waals surface area contributed by atoms with Crippen molar-refractivity contribution in [1.29, 1.82) is 0 Å². The first kappa shape index (κ1) is 18.8. The highest BCUT2D eigenvalue weighted by molar-refractivity contribution is 6.01. The molecule has 2 N–H and O–H groups in total. The summed E-state index contributed by atoms with van der Waals surface area (Å²) in [5.74, 6) is -1.20. The minimum absolute atomic E-state index is 0.0257. The first-order valence-corrected chi connectivity index (χ1v) is 9.28. The number of nitrogens with one attached hydrogen (secondary N) is 1. The van der Waals surface area contributed by atoms with E-state index in [1.807, 2.05) is 30.3 Å². The molecule has 0 saturated carbocycles. The number of fused-ring (bicyclic) bond motifs is 1. The number of carbonyl (C=O) groups is 3. The molecule has 2 aromatic rings. The van der Waals surface area contributed by atoms with E-state index >= 15 is 0 Å². The molecule has 2 amide bonds. The molecule has 8 nitrogen and oxygen atoms in total. The predicted octanol–water partition coefficient (Wildman–Crippen LogP) is 1.58. The van der Waals surface area contributed by atoms with E-state index in [-0.39, 0.29) is 32.1 Å². The standard InChI is InChI=1S/C21H20N2O6/c24-19-9-14(11-23(19)15-6-7-17-18(10-15)29-12-28-17)20(25)22-16(21(26)27)8-13-4-2-1-3-5-13/h1-7,10,14,16H,8-9,11-12H2,(H,22,25)(H,26,27)/t14-,16-/m0/s1.